The van der Waals surface area contributed by atoms with Crippen LogP contribution >= 0.6 is 0 Å². The van der Waals surface area contributed by atoms with Gasteiger partial charge in [-0.25, -0.2) is 14.4 Å². The fourth-order valence-corrected chi connectivity index (χ4v) is 3.56. The maximum absolute atomic E-state index is 14.3. The average Bonchev–Trinajstić information content (AvgIpc) is 3.21. The number of benzene rings is 1. The maximum Gasteiger partial charge on any atom is 0.212 e. The van der Waals surface area contributed by atoms with E-state index in [-0.39, 0.29) is 5.82 Å². The summed E-state index contributed by atoms with van der Waals surface area (Å²) < 4.78 is 26.5. The highest BCUT2D eigenvalue weighted by molar-refractivity contribution is 5.66. The first-order valence-corrected chi connectivity index (χ1v) is 9.95. The van der Waals surface area contributed by atoms with E-state index in [9.17, 15) is 4.39 Å². The Hall–Kier alpha value is -3.72. The van der Waals surface area contributed by atoms with Gasteiger partial charge in [0, 0.05) is 42.3 Å². The predicted octanol–water partition coefficient (Wildman–Crippen LogP) is 3.52. The van der Waals surface area contributed by atoms with Gasteiger partial charge in [-0.15, -0.1) is 0 Å². The maximum atomic E-state index is 14.3. The van der Waals surface area contributed by atoms with Crippen LogP contribution in [0.2, 0.25) is 0 Å². The fraction of sp³-hybridized carbons (Fsp3) is 0.227. The Balaban J connectivity index is 1.45. The summed E-state index contributed by atoms with van der Waals surface area (Å²) in [6.07, 6.45) is 3.38. The number of halogens is 1. The van der Waals surface area contributed by atoms with E-state index < -0.39 is 0 Å². The van der Waals surface area contributed by atoms with Gasteiger partial charge in [0.15, 0.2) is 11.5 Å². The van der Waals surface area contributed by atoms with Crippen LogP contribution < -0.4 is 15.0 Å². The molecule has 1 aromatic carbocycles. The van der Waals surface area contributed by atoms with Gasteiger partial charge in [0.2, 0.25) is 5.88 Å². The second-order valence-corrected chi connectivity index (χ2v) is 7.14. The molecule has 0 amide bonds. The summed E-state index contributed by atoms with van der Waals surface area (Å²) >= 11 is 0. The molecule has 0 unspecified atom stereocenters. The first-order valence-electron chi connectivity index (χ1n) is 9.95. The number of aromatic nitrogens is 4. The lowest BCUT2D eigenvalue weighted by Gasteiger charge is -2.29. The van der Waals surface area contributed by atoms with Crippen molar-refractivity contribution in [1.29, 1.82) is 0 Å². The summed E-state index contributed by atoms with van der Waals surface area (Å²) in [6.45, 7) is 2.75. The highest BCUT2D eigenvalue weighted by atomic mass is 19.1. The van der Waals surface area contributed by atoms with Gasteiger partial charge in [0.05, 0.1) is 32.2 Å². The molecule has 1 aliphatic rings. The smallest absolute Gasteiger partial charge is 0.212 e. The molecule has 0 atom stereocenters. The Labute approximate surface area is 178 Å². The number of rotatable bonds is 5. The van der Waals surface area contributed by atoms with Crippen molar-refractivity contribution in [2.45, 2.75) is 0 Å². The van der Waals surface area contributed by atoms with Gasteiger partial charge in [0.25, 0.3) is 0 Å². The van der Waals surface area contributed by atoms with E-state index in [1.54, 1.807) is 30.1 Å². The van der Waals surface area contributed by atoms with Crippen LogP contribution in [0.5, 0.6) is 5.88 Å². The zero-order valence-corrected chi connectivity index (χ0v) is 17.0. The summed E-state index contributed by atoms with van der Waals surface area (Å²) in [4.78, 5) is 10.7. The Morgan fingerprint density at radius 3 is 2.68 bits per heavy atom. The van der Waals surface area contributed by atoms with Crippen molar-refractivity contribution in [3.8, 4) is 17.1 Å². The minimum absolute atomic E-state index is 0.307. The summed E-state index contributed by atoms with van der Waals surface area (Å²) in [7, 11) is 1.58. The normalized spacial score (nSPS) is 14.1. The second-order valence-electron chi connectivity index (χ2n) is 7.14. The number of nitrogens with one attached hydrogen (secondary N) is 1. The molecule has 4 heterocycles. The molecular weight excluding hydrogens is 399 g/mol. The Morgan fingerprint density at radius 1 is 1.03 bits per heavy atom. The molecule has 31 heavy (non-hydrogen) atoms. The number of imidazole rings is 1. The zero-order valence-electron chi connectivity index (χ0n) is 17.0. The molecule has 0 saturated carbocycles. The third-order valence-corrected chi connectivity index (χ3v) is 5.13. The van der Waals surface area contributed by atoms with Crippen molar-refractivity contribution in [2.75, 3.05) is 43.6 Å². The Morgan fingerprint density at radius 2 is 1.90 bits per heavy atom. The summed E-state index contributed by atoms with van der Waals surface area (Å²) in [6, 6.07) is 12.4. The van der Waals surface area contributed by atoms with E-state index in [1.807, 2.05) is 24.3 Å². The molecule has 1 aliphatic heterocycles. The number of hydrogen-bond donors (Lipinski definition) is 1. The molecule has 0 bridgehead atoms. The van der Waals surface area contributed by atoms with E-state index in [1.165, 1.54) is 12.1 Å². The van der Waals surface area contributed by atoms with Crippen molar-refractivity contribution in [2.24, 2.45) is 0 Å². The number of pyridine rings is 1. The number of methoxy groups -OCH3 is 1. The quantitative estimate of drug-likeness (QED) is 0.529. The fourth-order valence-electron chi connectivity index (χ4n) is 3.56. The van der Waals surface area contributed by atoms with Crippen LogP contribution in [0.4, 0.5) is 21.6 Å². The molecule has 5 rings (SSSR count). The average molecular weight is 420 g/mol. The molecule has 0 radical (unpaired) electrons. The zero-order chi connectivity index (χ0) is 21.2. The van der Waals surface area contributed by atoms with Crippen LogP contribution in [0, 0.1) is 5.82 Å². The summed E-state index contributed by atoms with van der Waals surface area (Å²) in [5.74, 6) is 0.868. The first-order chi connectivity index (χ1) is 15.2. The number of anilines is 3. The van der Waals surface area contributed by atoms with Crippen LogP contribution in [0.1, 0.15) is 0 Å². The summed E-state index contributed by atoms with van der Waals surface area (Å²) in [5.41, 5.74) is 3.70. The van der Waals surface area contributed by atoms with E-state index in [0.717, 1.165) is 30.0 Å². The van der Waals surface area contributed by atoms with Crippen LogP contribution in [0.3, 0.4) is 0 Å². The number of fused-ring (bicyclic) bond motifs is 1. The molecular formula is C22H21FN6O2. The van der Waals surface area contributed by atoms with E-state index in [0.29, 0.717) is 36.2 Å². The van der Waals surface area contributed by atoms with Gasteiger partial charge < -0.3 is 19.7 Å². The molecule has 0 spiro atoms. The second kappa shape index (κ2) is 8.19. The van der Waals surface area contributed by atoms with Crippen LogP contribution in [0.25, 0.3) is 16.9 Å². The molecule has 4 aromatic rings. The van der Waals surface area contributed by atoms with Gasteiger partial charge >= 0.3 is 0 Å². The number of nitrogens with zero attached hydrogens (tertiary/aromatic N) is 5. The van der Waals surface area contributed by atoms with Gasteiger partial charge in [-0.3, -0.25) is 0 Å². The third kappa shape index (κ3) is 3.99. The van der Waals surface area contributed by atoms with Crippen LogP contribution in [-0.2, 0) is 4.74 Å². The predicted molar refractivity (Wildman–Crippen MR) is 115 cm³/mol. The summed E-state index contributed by atoms with van der Waals surface area (Å²) in [5, 5.41) is 7.93. The molecule has 1 saturated heterocycles. The lowest BCUT2D eigenvalue weighted by molar-refractivity contribution is 0.122. The van der Waals surface area contributed by atoms with Gasteiger partial charge in [-0.05, 0) is 36.4 Å². The molecule has 1 N–H and O–H groups in total. The topological polar surface area (TPSA) is 76.8 Å². The minimum atomic E-state index is -0.307. The van der Waals surface area contributed by atoms with E-state index in [4.69, 9.17) is 9.47 Å². The minimum Gasteiger partial charge on any atom is -0.481 e. The highest BCUT2D eigenvalue weighted by Gasteiger charge is 2.14. The van der Waals surface area contributed by atoms with Crippen LogP contribution in [0.15, 0.2) is 54.9 Å². The molecule has 8 nitrogen and oxygen atoms in total. The van der Waals surface area contributed by atoms with Gasteiger partial charge in [-0.1, -0.05) is 0 Å². The lowest BCUT2D eigenvalue weighted by Crippen LogP contribution is -2.36. The number of ether oxygens (including phenoxy) is 2. The van der Waals surface area contributed by atoms with Gasteiger partial charge in [0.1, 0.15) is 5.82 Å². The molecule has 3 aromatic heterocycles. The lowest BCUT2D eigenvalue weighted by atomic mass is 10.2. The molecule has 1 fully saturated rings. The largest absolute Gasteiger partial charge is 0.481 e. The SMILES string of the molecule is COc1ccc(-c2ccc3ncc(Nc4cc(F)cc(N5CCOCC5)c4)n3n2)cn1. The molecule has 0 aliphatic carbocycles. The van der Waals surface area contributed by atoms with Crippen LogP contribution in [-0.4, -0.2) is 53.0 Å². The van der Waals surface area contributed by atoms with Gasteiger partial charge in [-0.2, -0.15) is 9.61 Å². The number of morpholine rings is 1. The Kier molecular flexibility index (Phi) is 5.09. The standard InChI is InChI=1S/C22H21FN6O2/c1-30-22-5-2-15(13-25-22)19-3-4-20-24-14-21(29(20)27-19)26-17-10-16(23)11-18(12-17)28-6-8-31-9-7-28/h2-5,10-14,26H,6-9H2,1H3. The van der Waals surface area contributed by atoms with Crippen molar-refractivity contribution in [3.63, 3.8) is 0 Å². The van der Waals surface area contributed by atoms with Crippen molar-refractivity contribution < 1.29 is 13.9 Å². The van der Waals surface area contributed by atoms with Crippen molar-refractivity contribution >= 4 is 22.8 Å². The first kappa shape index (κ1) is 19.3. The van der Waals surface area contributed by atoms with E-state index >= 15 is 0 Å². The number of hydrogen-bond acceptors (Lipinski definition) is 7. The Bertz CT molecular complexity index is 1200. The third-order valence-electron chi connectivity index (χ3n) is 5.13. The van der Waals surface area contributed by atoms with Crippen molar-refractivity contribution in [3.05, 3.63) is 60.7 Å². The molecule has 158 valence electrons. The van der Waals surface area contributed by atoms with E-state index in [2.05, 4.69) is 25.3 Å². The highest BCUT2D eigenvalue weighted by Crippen LogP contribution is 2.26. The monoisotopic (exact) mass is 420 g/mol. The molecule has 9 heteroatoms. The van der Waals surface area contributed by atoms with Crippen molar-refractivity contribution in [1.82, 2.24) is 19.6 Å².